The van der Waals surface area contributed by atoms with Crippen LogP contribution in [0.15, 0.2) is 18.2 Å². The molecule has 0 amide bonds. The third-order valence-electron chi connectivity index (χ3n) is 3.05. The van der Waals surface area contributed by atoms with E-state index in [4.69, 9.17) is 11.6 Å². The molecule has 106 valence electrons. The van der Waals surface area contributed by atoms with Crippen molar-refractivity contribution in [2.24, 2.45) is 0 Å². The number of aromatic nitrogens is 2. The van der Waals surface area contributed by atoms with E-state index in [1.54, 1.807) is 13.8 Å². The summed E-state index contributed by atoms with van der Waals surface area (Å²) in [5.74, 6) is -0.501. The number of phenols is 1. The maximum atomic E-state index is 12.5. The highest BCUT2D eigenvalue weighted by molar-refractivity contribution is 6.30. The van der Waals surface area contributed by atoms with Gasteiger partial charge in [-0.1, -0.05) is 11.6 Å². The second kappa shape index (κ2) is 4.94. The second-order valence-corrected chi connectivity index (χ2v) is 4.68. The first-order valence-corrected chi connectivity index (χ1v) is 5.99. The van der Waals surface area contributed by atoms with Crippen molar-refractivity contribution < 1.29 is 18.3 Å². The maximum Gasteiger partial charge on any atom is 0.416 e. The minimum Gasteiger partial charge on any atom is -0.507 e. The van der Waals surface area contributed by atoms with Crippen LogP contribution in [-0.4, -0.2) is 15.3 Å². The molecule has 1 N–H and O–H groups in total. The predicted octanol–water partition coefficient (Wildman–Crippen LogP) is 4.14. The number of hydrogen-bond donors (Lipinski definition) is 1. The van der Waals surface area contributed by atoms with Gasteiger partial charge in [0.1, 0.15) is 5.75 Å². The van der Waals surface area contributed by atoms with Crippen LogP contribution in [0.5, 0.6) is 5.75 Å². The molecule has 0 atom stereocenters. The zero-order chi connectivity index (χ0) is 15.1. The average Bonchev–Trinajstić information content (AvgIpc) is 2.36. The quantitative estimate of drug-likeness (QED) is 0.861. The van der Waals surface area contributed by atoms with Crippen molar-refractivity contribution in [3.05, 3.63) is 40.0 Å². The molecule has 20 heavy (non-hydrogen) atoms. The molecule has 0 aliphatic heterocycles. The van der Waals surface area contributed by atoms with Gasteiger partial charge in [0.2, 0.25) is 0 Å². The minimum atomic E-state index is -4.51. The fraction of sp³-hybridized carbons (Fsp3) is 0.231. The molecule has 1 aromatic heterocycles. The molecule has 0 saturated carbocycles. The molecule has 0 aliphatic rings. The molecule has 0 unspecified atom stereocenters. The molecule has 0 fully saturated rings. The highest BCUT2D eigenvalue weighted by atomic mass is 35.5. The summed E-state index contributed by atoms with van der Waals surface area (Å²) < 4.78 is 37.6. The van der Waals surface area contributed by atoms with Crippen LogP contribution in [-0.2, 0) is 6.18 Å². The topological polar surface area (TPSA) is 46.0 Å². The van der Waals surface area contributed by atoms with Gasteiger partial charge >= 0.3 is 6.18 Å². The van der Waals surface area contributed by atoms with Crippen molar-refractivity contribution in [1.82, 2.24) is 10.2 Å². The van der Waals surface area contributed by atoms with Gasteiger partial charge in [-0.05, 0) is 43.2 Å². The summed E-state index contributed by atoms with van der Waals surface area (Å²) in [4.78, 5) is 0. The van der Waals surface area contributed by atoms with Crippen molar-refractivity contribution in [2.45, 2.75) is 20.0 Å². The molecule has 7 heteroatoms. The number of alkyl halides is 3. The van der Waals surface area contributed by atoms with E-state index in [0.29, 0.717) is 22.9 Å². The Labute approximate surface area is 118 Å². The molecule has 0 radical (unpaired) electrons. The van der Waals surface area contributed by atoms with E-state index >= 15 is 0 Å². The van der Waals surface area contributed by atoms with E-state index in [-0.39, 0.29) is 10.7 Å². The Morgan fingerprint density at radius 3 is 2.30 bits per heavy atom. The van der Waals surface area contributed by atoms with Gasteiger partial charge in [-0.2, -0.15) is 13.2 Å². The Bertz CT molecular complexity index is 671. The fourth-order valence-corrected chi connectivity index (χ4v) is 1.92. The summed E-state index contributed by atoms with van der Waals surface area (Å²) in [5.41, 5.74) is 0.881. The van der Waals surface area contributed by atoms with Gasteiger partial charge in [-0.3, -0.25) is 0 Å². The van der Waals surface area contributed by atoms with Gasteiger partial charge in [0, 0.05) is 5.56 Å². The first kappa shape index (κ1) is 14.6. The van der Waals surface area contributed by atoms with Crippen molar-refractivity contribution in [3.8, 4) is 17.0 Å². The summed E-state index contributed by atoms with van der Waals surface area (Å²) in [6.45, 7) is 3.43. The SMILES string of the molecule is Cc1c(Cl)nnc(-c2ccc(C(F)(F)F)cc2O)c1C. The number of benzene rings is 1. The number of nitrogens with zero attached hydrogens (tertiary/aromatic N) is 2. The molecule has 1 aromatic carbocycles. The summed E-state index contributed by atoms with van der Waals surface area (Å²) in [7, 11) is 0. The highest BCUT2D eigenvalue weighted by Crippen LogP contribution is 2.37. The molecule has 1 heterocycles. The summed E-state index contributed by atoms with van der Waals surface area (Å²) in [6, 6.07) is 2.73. The average molecular weight is 303 g/mol. The van der Waals surface area contributed by atoms with Gasteiger partial charge < -0.3 is 5.11 Å². The van der Waals surface area contributed by atoms with Crippen LogP contribution in [0.1, 0.15) is 16.7 Å². The lowest BCUT2D eigenvalue weighted by Gasteiger charge is -2.12. The zero-order valence-corrected chi connectivity index (χ0v) is 11.3. The molecule has 0 saturated heterocycles. The molecule has 0 spiro atoms. The summed E-state index contributed by atoms with van der Waals surface area (Å²) in [5, 5.41) is 17.6. The van der Waals surface area contributed by atoms with E-state index in [9.17, 15) is 18.3 Å². The standard InChI is InChI=1S/C13H10ClF3N2O/c1-6-7(2)12(14)19-18-11(6)9-4-3-8(5-10(9)20)13(15,16)17/h3-5,20H,1-2H3. The molecule has 0 bridgehead atoms. The maximum absolute atomic E-state index is 12.5. The summed E-state index contributed by atoms with van der Waals surface area (Å²) in [6.07, 6.45) is -4.51. The third kappa shape index (κ3) is 2.56. The Morgan fingerprint density at radius 1 is 1.10 bits per heavy atom. The minimum absolute atomic E-state index is 0.183. The fourth-order valence-electron chi connectivity index (χ4n) is 1.74. The van der Waals surface area contributed by atoms with Crippen molar-refractivity contribution in [1.29, 1.82) is 0 Å². The van der Waals surface area contributed by atoms with E-state index < -0.39 is 17.5 Å². The largest absolute Gasteiger partial charge is 0.507 e. The number of phenolic OH excluding ortho intramolecular Hbond substituents is 1. The van der Waals surface area contributed by atoms with Gasteiger partial charge in [-0.15, -0.1) is 10.2 Å². The normalized spacial score (nSPS) is 11.7. The van der Waals surface area contributed by atoms with Gasteiger partial charge in [-0.25, -0.2) is 0 Å². The molecule has 2 aromatic rings. The van der Waals surface area contributed by atoms with E-state index in [0.717, 1.165) is 6.07 Å². The number of halogens is 4. The third-order valence-corrected chi connectivity index (χ3v) is 3.40. The van der Waals surface area contributed by atoms with Gasteiger partial charge in [0.25, 0.3) is 0 Å². The molecular formula is C13H10ClF3N2O. The van der Waals surface area contributed by atoms with E-state index in [1.807, 2.05) is 0 Å². The van der Waals surface area contributed by atoms with E-state index in [2.05, 4.69) is 10.2 Å². The van der Waals surface area contributed by atoms with Crippen LogP contribution in [0.25, 0.3) is 11.3 Å². The number of aromatic hydroxyl groups is 1. The number of hydrogen-bond acceptors (Lipinski definition) is 3. The van der Waals surface area contributed by atoms with Crippen molar-refractivity contribution in [2.75, 3.05) is 0 Å². The van der Waals surface area contributed by atoms with Crippen LogP contribution in [0, 0.1) is 13.8 Å². The first-order valence-electron chi connectivity index (χ1n) is 5.61. The lowest BCUT2D eigenvalue weighted by Crippen LogP contribution is -2.05. The highest BCUT2D eigenvalue weighted by Gasteiger charge is 2.31. The first-order chi connectivity index (χ1) is 9.21. The molecule has 0 aliphatic carbocycles. The zero-order valence-electron chi connectivity index (χ0n) is 10.6. The predicted molar refractivity (Wildman–Crippen MR) is 68.6 cm³/mol. The van der Waals surface area contributed by atoms with Crippen molar-refractivity contribution >= 4 is 11.6 Å². The second-order valence-electron chi connectivity index (χ2n) is 4.32. The Hall–Kier alpha value is -1.82. The summed E-state index contributed by atoms with van der Waals surface area (Å²) >= 11 is 5.81. The van der Waals surface area contributed by atoms with Crippen molar-refractivity contribution in [3.63, 3.8) is 0 Å². The van der Waals surface area contributed by atoms with Crippen LogP contribution in [0.4, 0.5) is 13.2 Å². The Balaban J connectivity index is 2.58. The number of rotatable bonds is 1. The Morgan fingerprint density at radius 2 is 1.75 bits per heavy atom. The molecule has 3 nitrogen and oxygen atoms in total. The lowest BCUT2D eigenvalue weighted by atomic mass is 10.0. The van der Waals surface area contributed by atoms with Gasteiger partial charge in [0.15, 0.2) is 5.15 Å². The van der Waals surface area contributed by atoms with Crippen LogP contribution >= 0.6 is 11.6 Å². The van der Waals surface area contributed by atoms with Gasteiger partial charge in [0.05, 0.1) is 11.3 Å². The van der Waals surface area contributed by atoms with Crippen LogP contribution < -0.4 is 0 Å². The lowest BCUT2D eigenvalue weighted by molar-refractivity contribution is -0.137. The molecular weight excluding hydrogens is 293 g/mol. The monoisotopic (exact) mass is 302 g/mol. The molecule has 2 rings (SSSR count). The van der Waals surface area contributed by atoms with Crippen LogP contribution in [0.3, 0.4) is 0 Å². The van der Waals surface area contributed by atoms with Crippen LogP contribution in [0.2, 0.25) is 5.15 Å². The van der Waals surface area contributed by atoms with E-state index in [1.165, 1.54) is 6.07 Å². The Kier molecular flexibility index (Phi) is 3.60. The smallest absolute Gasteiger partial charge is 0.416 e.